The van der Waals surface area contributed by atoms with E-state index in [9.17, 15) is 9.59 Å². The third-order valence-electron chi connectivity index (χ3n) is 0.895. The van der Waals surface area contributed by atoms with E-state index in [1.54, 1.807) is 0 Å². The van der Waals surface area contributed by atoms with Crippen LogP contribution in [-0.2, 0) is 23.8 Å². The van der Waals surface area contributed by atoms with Crippen molar-refractivity contribution in [1.29, 1.82) is 0 Å². The summed E-state index contributed by atoms with van der Waals surface area (Å²) in [6, 6.07) is 0. The van der Waals surface area contributed by atoms with Gasteiger partial charge in [0.15, 0.2) is 0 Å². The molecule has 0 saturated carbocycles. The average molecular weight is 162 g/mol. The normalized spacial score (nSPS) is 8.91. The van der Waals surface area contributed by atoms with Crippen LogP contribution in [0.3, 0.4) is 0 Å². The van der Waals surface area contributed by atoms with Crippen molar-refractivity contribution in [2.24, 2.45) is 0 Å². The Balaban J connectivity index is 3.27. The lowest BCUT2D eigenvalue weighted by Crippen LogP contribution is -2.16. The van der Waals surface area contributed by atoms with Crippen LogP contribution in [0.5, 0.6) is 0 Å². The molecule has 0 fully saturated rings. The molecule has 11 heavy (non-hydrogen) atoms. The number of hydrogen-bond acceptors (Lipinski definition) is 5. The Labute approximate surface area is 64.2 Å². The molecule has 0 aromatic carbocycles. The van der Waals surface area contributed by atoms with Crippen LogP contribution in [0.15, 0.2) is 0 Å². The Bertz CT molecular complexity index is 126. The zero-order chi connectivity index (χ0) is 8.69. The third-order valence-corrected chi connectivity index (χ3v) is 0.895. The Morgan fingerprint density at radius 3 is 1.64 bits per heavy atom. The van der Waals surface area contributed by atoms with E-state index in [1.165, 1.54) is 14.2 Å². The van der Waals surface area contributed by atoms with Crippen molar-refractivity contribution >= 4 is 11.9 Å². The molecule has 5 heteroatoms. The van der Waals surface area contributed by atoms with Crippen molar-refractivity contribution in [1.82, 2.24) is 0 Å². The van der Waals surface area contributed by atoms with Gasteiger partial charge in [-0.25, -0.2) is 9.59 Å². The van der Waals surface area contributed by atoms with Crippen molar-refractivity contribution in [2.45, 2.75) is 0 Å². The third kappa shape index (κ3) is 5.35. The quantitative estimate of drug-likeness (QED) is 0.514. The maximum atomic E-state index is 10.4. The lowest BCUT2D eigenvalue weighted by atomic mass is 10.7. The van der Waals surface area contributed by atoms with Gasteiger partial charge in [0.1, 0.15) is 13.2 Å². The molecule has 0 saturated heterocycles. The second-order valence-electron chi connectivity index (χ2n) is 1.65. The fourth-order valence-electron chi connectivity index (χ4n) is 0.336. The smallest absolute Gasteiger partial charge is 0.331 e. The Morgan fingerprint density at radius 2 is 1.36 bits per heavy atom. The van der Waals surface area contributed by atoms with Crippen LogP contribution in [0.1, 0.15) is 0 Å². The van der Waals surface area contributed by atoms with Crippen LogP contribution in [0.2, 0.25) is 0 Å². The highest BCUT2D eigenvalue weighted by atomic mass is 16.6. The molecule has 0 aromatic rings. The van der Waals surface area contributed by atoms with Crippen molar-refractivity contribution < 1.29 is 23.8 Å². The number of rotatable bonds is 4. The summed E-state index contributed by atoms with van der Waals surface area (Å²) < 4.78 is 13.1. The summed E-state index contributed by atoms with van der Waals surface area (Å²) in [5, 5.41) is 0. The Kier molecular flexibility index (Phi) is 5.10. The van der Waals surface area contributed by atoms with Gasteiger partial charge in [0.2, 0.25) is 0 Å². The van der Waals surface area contributed by atoms with Gasteiger partial charge in [0.05, 0.1) is 14.2 Å². The first-order valence-corrected chi connectivity index (χ1v) is 2.92. The van der Waals surface area contributed by atoms with E-state index in [0.717, 1.165) is 0 Å². The molecule has 0 aromatic heterocycles. The van der Waals surface area contributed by atoms with Gasteiger partial charge < -0.3 is 14.2 Å². The predicted molar refractivity (Wildman–Crippen MR) is 34.9 cm³/mol. The van der Waals surface area contributed by atoms with Gasteiger partial charge in [-0.2, -0.15) is 0 Å². The van der Waals surface area contributed by atoms with Gasteiger partial charge in [-0.05, 0) is 0 Å². The summed E-state index contributed by atoms with van der Waals surface area (Å²) >= 11 is 0. The molecular weight excluding hydrogens is 152 g/mol. The summed E-state index contributed by atoms with van der Waals surface area (Å²) in [5.41, 5.74) is 0. The van der Waals surface area contributed by atoms with Crippen LogP contribution in [0.4, 0.5) is 0 Å². The molecule has 0 radical (unpaired) electrons. The number of carbonyl (C=O) groups excluding carboxylic acids is 2. The van der Waals surface area contributed by atoms with E-state index in [1.807, 2.05) is 0 Å². The first-order chi connectivity index (χ1) is 5.20. The second kappa shape index (κ2) is 5.67. The van der Waals surface area contributed by atoms with Crippen molar-refractivity contribution in [3.05, 3.63) is 0 Å². The molecule has 5 nitrogen and oxygen atoms in total. The van der Waals surface area contributed by atoms with Gasteiger partial charge in [-0.15, -0.1) is 0 Å². The van der Waals surface area contributed by atoms with Crippen LogP contribution >= 0.6 is 0 Å². The van der Waals surface area contributed by atoms with Gasteiger partial charge in [0, 0.05) is 0 Å². The van der Waals surface area contributed by atoms with Crippen LogP contribution in [-0.4, -0.2) is 39.4 Å². The van der Waals surface area contributed by atoms with Crippen LogP contribution in [0.25, 0.3) is 0 Å². The minimum Gasteiger partial charge on any atom is -0.467 e. The molecule has 0 atom stereocenters. The topological polar surface area (TPSA) is 61.8 Å². The lowest BCUT2D eigenvalue weighted by Gasteiger charge is -2.00. The molecule has 0 bridgehead atoms. The summed E-state index contributed by atoms with van der Waals surface area (Å²) in [4.78, 5) is 20.8. The zero-order valence-corrected chi connectivity index (χ0v) is 6.46. The average Bonchev–Trinajstić information content (AvgIpc) is 2.04. The maximum absolute atomic E-state index is 10.4. The van der Waals surface area contributed by atoms with Crippen molar-refractivity contribution in [3.63, 3.8) is 0 Å². The van der Waals surface area contributed by atoms with Gasteiger partial charge in [-0.1, -0.05) is 0 Å². The first kappa shape index (κ1) is 9.90. The Hall–Kier alpha value is -1.10. The van der Waals surface area contributed by atoms with Gasteiger partial charge in [-0.3, -0.25) is 0 Å². The largest absolute Gasteiger partial charge is 0.467 e. The molecule has 0 N–H and O–H groups in total. The summed E-state index contributed by atoms with van der Waals surface area (Å²) in [6.07, 6.45) is 0. The Morgan fingerprint density at radius 1 is 1.00 bits per heavy atom. The molecule has 0 aliphatic carbocycles. The number of esters is 2. The van der Waals surface area contributed by atoms with E-state index in [0.29, 0.717) is 0 Å². The second-order valence-corrected chi connectivity index (χ2v) is 1.65. The van der Waals surface area contributed by atoms with E-state index in [4.69, 9.17) is 0 Å². The summed E-state index contributed by atoms with van der Waals surface area (Å²) in [6.45, 7) is -0.461. The maximum Gasteiger partial charge on any atom is 0.331 e. The predicted octanol–water partition coefficient (Wildman–Crippen LogP) is -0.651. The standard InChI is InChI=1S/C6H10O5/c1-9-5(7)3-11-4-6(8)10-2/h3-4H2,1-2H3. The monoisotopic (exact) mass is 162 g/mol. The molecule has 64 valence electrons. The molecule has 0 spiro atoms. The number of carbonyl (C=O) groups is 2. The minimum absolute atomic E-state index is 0.231. The van der Waals surface area contributed by atoms with E-state index in [2.05, 4.69) is 14.2 Å². The number of hydrogen-bond donors (Lipinski definition) is 0. The fraction of sp³-hybridized carbons (Fsp3) is 0.667. The van der Waals surface area contributed by atoms with Crippen LogP contribution in [0, 0.1) is 0 Å². The molecule has 0 amide bonds. The number of ether oxygens (including phenoxy) is 3. The lowest BCUT2D eigenvalue weighted by molar-refractivity contribution is -0.152. The molecule has 0 aliphatic rings. The highest BCUT2D eigenvalue weighted by molar-refractivity contribution is 5.72. The summed E-state index contributed by atoms with van der Waals surface area (Å²) in [7, 11) is 2.48. The van der Waals surface area contributed by atoms with Gasteiger partial charge in [0.25, 0.3) is 0 Å². The molecule has 0 heterocycles. The fourth-order valence-corrected chi connectivity index (χ4v) is 0.336. The zero-order valence-electron chi connectivity index (χ0n) is 6.46. The van der Waals surface area contributed by atoms with Crippen molar-refractivity contribution in [2.75, 3.05) is 27.4 Å². The minimum atomic E-state index is -0.520. The van der Waals surface area contributed by atoms with Crippen LogP contribution < -0.4 is 0 Å². The molecule has 0 rings (SSSR count). The van der Waals surface area contributed by atoms with E-state index < -0.39 is 11.9 Å². The molecular formula is C6H10O5. The summed E-state index contributed by atoms with van der Waals surface area (Å²) in [5.74, 6) is -1.04. The first-order valence-electron chi connectivity index (χ1n) is 2.92. The van der Waals surface area contributed by atoms with E-state index >= 15 is 0 Å². The molecule has 0 aliphatic heterocycles. The van der Waals surface area contributed by atoms with E-state index in [-0.39, 0.29) is 13.2 Å². The van der Waals surface area contributed by atoms with Crippen molar-refractivity contribution in [3.8, 4) is 0 Å². The highest BCUT2D eigenvalue weighted by Crippen LogP contribution is 1.80. The molecule has 0 unspecified atom stereocenters. The van der Waals surface area contributed by atoms with Gasteiger partial charge >= 0.3 is 11.9 Å². The highest BCUT2D eigenvalue weighted by Gasteiger charge is 2.03. The SMILES string of the molecule is COC(=O)COCC(=O)OC. The number of methoxy groups -OCH3 is 2.